The van der Waals surface area contributed by atoms with Gasteiger partial charge in [0.1, 0.15) is 11.5 Å². The van der Waals surface area contributed by atoms with Crippen LogP contribution in [-0.4, -0.2) is 11.4 Å². The van der Waals surface area contributed by atoms with Crippen LogP contribution in [0.1, 0.15) is 5.56 Å². The second-order valence-electron chi connectivity index (χ2n) is 3.34. The zero-order valence-electron chi connectivity index (χ0n) is 8.88. The van der Waals surface area contributed by atoms with Crippen molar-refractivity contribution in [3.63, 3.8) is 0 Å². The first-order valence-electron chi connectivity index (χ1n) is 4.99. The van der Waals surface area contributed by atoms with Gasteiger partial charge in [-0.15, -0.1) is 0 Å². The number of rotatable bonds is 3. The van der Waals surface area contributed by atoms with E-state index in [9.17, 15) is 0 Å². The van der Waals surface area contributed by atoms with Crippen molar-refractivity contribution in [3.8, 4) is 11.5 Å². The Labute approximate surface area is 104 Å². The van der Waals surface area contributed by atoms with Crippen LogP contribution in [0.3, 0.4) is 0 Å². The number of halogens is 1. The second-order valence-corrected chi connectivity index (χ2v) is 3.78. The van der Waals surface area contributed by atoms with Crippen LogP contribution in [0.15, 0.2) is 53.7 Å². The first kappa shape index (κ1) is 11.5. The van der Waals surface area contributed by atoms with Crippen molar-refractivity contribution in [2.24, 2.45) is 5.16 Å². The number of ether oxygens (including phenoxy) is 1. The van der Waals surface area contributed by atoms with E-state index in [0.717, 1.165) is 0 Å². The molecule has 0 spiro atoms. The third-order valence-corrected chi connectivity index (χ3v) is 2.37. The van der Waals surface area contributed by atoms with Crippen molar-refractivity contribution in [2.45, 2.75) is 0 Å². The zero-order chi connectivity index (χ0) is 12.1. The van der Waals surface area contributed by atoms with Crippen molar-refractivity contribution in [2.75, 3.05) is 0 Å². The Balaban J connectivity index is 2.29. The molecule has 2 rings (SSSR count). The molecule has 3 nitrogen and oxygen atoms in total. The lowest BCUT2D eigenvalue weighted by Crippen LogP contribution is -1.90. The lowest BCUT2D eigenvalue weighted by molar-refractivity contribution is 0.321. The molecule has 0 aromatic heterocycles. The van der Waals surface area contributed by atoms with E-state index in [0.29, 0.717) is 22.1 Å². The van der Waals surface area contributed by atoms with E-state index in [1.54, 1.807) is 36.4 Å². The molecule has 0 bridgehead atoms. The van der Waals surface area contributed by atoms with Crippen LogP contribution in [0.25, 0.3) is 0 Å². The summed E-state index contributed by atoms with van der Waals surface area (Å²) in [6.07, 6.45) is 1.32. The maximum Gasteiger partial charge on any atom is 0.136 e. The van der Waals surface area contributed by atoms with Crippen molar-refractivity contribution in [1.29, 1.82) is 0 Å². The van der Waals surface area contributed by atoms with Gasteiger partial charge in [0.25, 0.3) is 0 Å². The molecule has 17 heavy (non-hydrogen) atoms. The molecule has 0 radical (unpaired) electrons. The molecule has 0 aliphatic rings. The van der Waals surface area contributed by atoms with Crippen molar-refractivity contribution in [3.05, 3.63) is 59.1 Å². The van der Waals surface area contributed by atoms with Crippen molar-refractivity contribution in [1.82, 2.24) is 0 Å². The van der Waals surface area contributed by atoms with Gasteiger partial charge in [-0.1, -0.05) is 35.0 Å². The summed E-state index contributed by atoms with van der Waals surface area (Å²) in [5, 5.41) is 12.1. The average Bonchev–Trinajstić information content (AvgIpc) is 2.32. The van der Waals surface area contributed by atoms with Gasteiger partial charge in [0, 0.05) is 10.6 Å². The van der Waals surface area contributed by atoms with Crippen LogP contribution < -0.4 is 4.74 Å². The number of nitrogens with zero attached hydrogens (tertiary/aromatic N) is 1. The van der Waals surface area contributed by atoms with E-state index >= 15 is 0 Å². The van der Waals surface area contributed by atoms with Crippen LogP contribution in [0.2, 0.25) is 5.02 Å². The highest BCUT2D eigenvalue weighted by Gasteiger charge is 2.02. The number of hydrogen-bond acceptors (Lipinski definition) is 3. The molecule has 0 saturated heterocycles. The normalized spacial score (nSPS) is 10.6. The third-order valence-electron chi connectivity index (χ3n) is 2.14. The molecule has 0 atom stereocenters. The highest BCUT2D eigenvalue weighted by Crippen LogP contribution is 2.26. The summed E-state index contributed by atoms with van der Waals surface area (Å²) in [5.41, 5.74) is 0.690. The smallest absolute Gasteiger partial charge is 0.136 e. The Bertz CT molecular complexity index is 540. The monoisotopic (exact) mass is 247 g/mol. The highest BCUT2D eigenvalue weighted by atomic mass is 35.5. The minimum Gasteiger partial charge on any atom is -0.457 e. The SMILES string of the molecule is O/N=C/c1ccccc1Oc1cccc(Cl)c1. The fourth-order valence-electron chi connectivity index (χ4n) is 1.40. The van der Waals surface area contributed by atoms with E-state index < -0.39 is 0 Å². The number of oxime groups is 1. The molecule has 0 unspecified atom stereocenters. The van der Waals surface area contributed by atoms with Crippen LogP contribution in [0.4, 0.5) is 0 Å². The summed E-state index contributed by atoms with van der Waals surface area (Å²) in [7, 11) is 0. The standard InChI is InChI=1S/C13H10ClNO2/c14-11-5-3-6-12(8-11)17-13-7-2-1-4-10(13)9-15-16/h1-9,16H/b15-9+. The minimum absolute atomic E-state index is 0.604. The largest absolute Gasteiger partial charge is 0.457 e. The summed E-state index contributed by atoms with van der Waals surface area (Å²) in [4.78, 5) is 0. The summed E-state index contributed by atoms with van der Waals surface area (Å²) in [6, 6.07) is 14.4. The fraction of sp³-hybridized carbons (Fsp3) is 0. The molecule has 0 aliphatic heterocycles. The number of hydrogen-bond donors (Lipinski definition) is 1. The topological polar surface area (TPSA) is 41.8 Å². The summed E-state index contributed by atoms with van der Waals surface area (Å²) >= 11 is 5.87. The Morgan fingerprint density at radius 2 is 1.94 bits per heavy atom. The molecule has 2 aromatic carbocycles. The highest BCUT2D eigenvalue weighted by molar-refractivity contribution is 6.30. The van der Waals surface area contributed by atoms with E-state index in [4.69, 9.17) is 21.5 Å². The van der Waals surface area contributed by atoms with Gasteiger partial charge in [-0.3, -0.25) is 0 Å². The molecule has 0 heterocycles. The molecule has 0 aliphatic carbocycles. The predicted octanol–water partition coefficient (Wildman–Crippen LogP) is 3.94. The summed E-state index contributed by atoms with van der Waals surface area (Å²) in [6.45, 7) is 0. The molecule has 2 aromatic rings. The Morgan fingerprint density at radius 1 is 1.12 bits per heavy atom. The van der Waals surface area contributed by atoms with Gasteiger partial charge in [0.05, 0.1) is 6.21 Å². The molecule has 86 valence electrons. The molecule has 0 fully saturated rings. The molecular weight excluding hydrogens is 238 g/mol. The second kappa shape index (κ2) is 5.37. The maximum absolute atomic E-state index is 8.55. The van der Waals surface area contributed by atoms with Crippen LogP contribution in [-0.2, 0) is 0 Å². The Kier molecular flexibility index (Phi) is 3.62. The van der Waals surface area contributed by atoms with Gasteiger partial charge in [0.2, 0.25) is 0 Å². The Morgan fingerprint density at radius 3 is 2.71 bits per heavy atom. The van der Waals surface area contributed by atoms with Gasteiger partial charge < -0.3 is 9.94 Å². The molecular formula is C13H10ClNO2. The van der Waals surface area contributed by atoms with E-state index in [-0.39, 0.29) is 0 Å². The maximum atomic E-state index is 8.55. The van der Waals surface area contributed by atoms with Crippen LogP contribution in [0, 0.1) is 0 Å². The zero-order valence-corrected chi connectivity index (χ0v) is 9.63. The molecule has 1 N–H and O–H groups in total. The predicted molar refractivity (Wildman–Crippen MR) is 67.3 cm³/mol. The fourth-order valence-corrected chi connectivity index (χ4v) is 1.58. The lowest BCUT2D eigenvalue weighted by Gasteiger charge is -2.08. The summed E-state index contributed by atoms with van der Waals surface area (Å²) in [5.74, 6) is 1.24. The van der Waals surface area contributed by atoms with Crippen LogP contribution >= 0.6 is 11.6 Å². The summed E-state index contributed by atoms with van der Waals surface area (Å²) < 4.78 is 5.66. The van der Waals surface area contributed by atoms with Gasteiger partial charge in [-0.2, -0.15) is 0 Å². The van der Waals surface area contributed by atoms with E-state index in [1.807, 2.05) is 12.1 Å². The van der Waals surface area contributed by atoms with E-state index in [2.05, 4.69) is 5.16 Å². The van der Waals surface area contributed by atoms with Crippen LogP contribution in [0.5, 0.6) is 11.5 Å². The molecule has 0 saturated carbocycles. The first-order valence-corrected chi connectivity index (χ1v) is 5.37. The number of para-hydroxylation sites is 1. The van der Waals surface area contributed by atoms with E-state index in [1.165, 1.54) is 6.21 Å². The molecule has 0 amide bonds. The van der Waals surface area contributed by atoms with Gasteiger partial charge >= 0.3 is 0 Å². The quantitative estimate of drug-likeness (QED) is 0.507. The molecule has 4 heteroatoms. The van der Waals surface area contributed by atoms with Gasteiger partial charge in [-0.05, 0) is 30.3 Å². The average molecular weight is 248 g/mol. The lowest BCUT2D eigenvalue weighted by atomic mass is 10.2. The third kappa shape index (κ3) is 2.98. The number of benzene rings is 2. The van der Waals surface area contributed by atoms with Crippen molar-refractivity contribution >= 4 is 17.8 Å². The first-order chi connectivity index (χ1) is 8.29. The van der Waals surface area contributed by atoms with Gasteiger partial charge in [0.15, 0.2) is 0 Å². The van der Waals surface area contributed by atoms with Crippen molar-refractivity contribution < 1.29 is 9.94 Å². The minimum atomic E-state index is 0.604. The Hall–Kier alpha value is -2.00. The van der Waals surface area contributed by atoms with Gasteiger partial charge in [-0.25, -0.2) is 0 Å².